The molecule has 748 valence electrons. The van der Waals surface area contributed by atoms with Crippen molar-refractivity contribution in [3.63, 3.8) is 0 Å². The highest BCUT2D eigenvalue weighted by atomic mass is 35.5. The van der Waals surface area contributed by atoms with E-state index in [4.69, 9.17) is 65.4 Å². The van der Waals surface area contributed by atoms with Gasteiger partial charge in [-0.25, -0.2) is 9.80 Å². The zero-order valence-corrected chi connectivity index (χ0v) is 89.1. The van der Waals surface area contributed by atoms with Gasteiger partial charge in [-0.1, -0.05) is 474 Å². The molecule has 0 fully saturated rings. The predicted molar refractivity (Wildman–Crippen MR) is 578 cm³/mol. The van der Waals surface area contributed by atoms with E-state index in [1.54, 1.807) is 24.3 Å². The van der Waals surface area contributed by atoms with E-state index in [-0.39, 0.29) is 42.3 Å². The van der Waals surface area contributed by atoms with Crippen molar-refractivity contribution in [2.45, 2.75) is 493 Å². The van der Waals surface area contributed by atoms with Crippen molar-refractivity contribution < 1.29 is 38.1 Å². The number of hydrogen-bond donors (Lipinski definition) is 0. The highest BCUT2D eigenvalue weighted by Crippen LogP contribution is 2.56. The summed E-state index contributed by atoms with van der Waals surface area (Å²) in [6.07, 6.45) is 81.5. The third-order valence-corrected chi connectivity index (χ3v) is 31.2. The number of imide groups is 2. The summed E-state index contributed by atoms with van der Waals surface area (Å²) in [7, 11) is 0. The minimum absolute atomic E-state index is 0.175. The second-order valence-electron chi connectivity index (χ2n) is 41.4. The molecule has 134 heavy (non-hydrogen) atoms. The van der Waals surface area contributed by atoms with Gasteiger partial charge in [0, 0.05) is 75.3 Å². The molecule has 2 aliphatic rings. The number of halogens is 4. The highest BCUT2D eigenvalue weighted by Gasteiger charge is 2.42. The van der Waals surface area contributed by atoms with Crippen LogP contribution in [0.5, 0.6) is 23.0 Å². The fraction of sp³-hybridized carbons (Fsp3) is 0.700. The molecule has 2 aliphatic heterocycles. The SMILES string of the molecule is CCCCCCCCCCC(CCCCCCCC)COc1cc(C)c(N2C(=O)c3cc(Cl)c4c5c(Cl)cc6c7c(cc(Cl)c(c8c(Cl)cc(c3c48)C2=O)c75)C(=O)N(c2cc(OCC(CCCCCCCC)CCCCCCCCCC)c(OCC(CCCCCCCCCC)CCCCCCCCCC)cc2C)C6=O)cc1OCC(CCCCCCCC)CCCCCCCCCC. The molecule has 0 bridgehead atoms. The van der Waals surface area contributed by atoms with Crippen LogP contribution in [-0.4, -0.2) is 50.1 Å². The first-order valence-corrected chi connectivity index (χ1v) is 57.6. The van der Waals surface area contributed by atoms with Crippen LogP contribution in [0, 0.1) is 37.5 Å². The van der Waals surface area contributed by atoms with Gasteiger partial charge in [-0.15, -0.1) is 0 Å². The Morgan fingerprint density at radius 1 is 0.209 bits per heavy atom. The van der Waals surface area contributed by atoms with Crippen LogP contribution < -0.4 is 28.7 Å². The summed E-state index contributed by atoms with van der Waals surface area (Å²) in [5.41, 5.74) is 2.98. The largest absolute Gasteiger partial charge is 0.489 e. The Morgan fingerprint density at radius 3 is 0.537 bits per heavy atom. The normalized spacial score (nSPS) is 13.6. The average molecular weight is 1920 g/mol. The maximum absolute atomic E-state index is 16.1. The van der Waals surface area contributed by atoms with Gasteiger partial charge in [-0.2, -0.15) is 0 Å². The molecule has 7 aromatic carbocycles. The van der Waals surface area contributed by atoms with Crippen LogP contribution in [-0.2, 0) is 0 Å². The van der Waals surface area contributed by atoms with Gasteiger partial charge in [0.1, 0.15) is 0 Å². The molecule has 0 aromatic heterocycles. The number of aryl methyl sites for hydroxylation is 2. The Bertz CT molecular complexity index is 4310. The lowest BCUT2D eigenvalue weighted by Gasteiger charge is -2.32. The summed E-state index contributed by atoms with van der Waals surface area (Å²) in [6.45, 7) is 24.2. The first-order chi connectivity index (χ1) is 65.5. The Hall–Kier alpha value is -5.52. The third-order valence-electron chi connectivity index (χ3n) is 30.0. The molecular weight excluding hydrogens is 1740 g/mol. The monoisotopic (exact) mass is 1920 g/mol. The number of benzene rings is 7. The number of rotatable bonds is 80. The molecule has 0 spiro atoms. The lowest BCUT2D eigenvalue weighted by Crippen LogP contribution is -2.41. The summed E-state index contributed by atoms with van der Waals surface area (Å²) < 4.78 is 28.7. The quantitative estimate of drug-likeness (QED) is 0.0160. The number of unbranched alkanes of at least 4 members (excludes halogenated alkanes) is 50. The van der Waals surface area contributed by atoms with Crippen LogP contribution >= 0.6 is 46.4 Å². The van der Waals surface area contributed by atoms with Gasteiger partial charge >= 0.3 is 0 Å². The number of fused-ring (bicyclic) bond motifs is 2. The van der Waals surface area contributed by atoms with Gasteiger partial charge in [0.25, 0.3) is 23.6 Å². The summed E-state index contributed by atoms with van der Waals surface area (Å²) in [5, 5.41) is 4.02. The van der Waals surface area contributed by atoms with Crippen molar-refractivity contribution in [1.29, 1.82) is 0 Å². The molecule has 3 unspecified atom stereocenters. The van der Waals surface area contributed by atoms with Gasteiger partial charge in [-0.05, 0) is 136 Å². The van der Waals surface area contributed by atoms with Gasteiger partial charge in [-0.3, -0.25) is 19.2 Å². The molecule has 7 aromatic rings. The van der Waals surface area contributed by atoms with E-state index in [9.17, 15) is 0 Å². The number of nitrogens with zero attached hydrogens (tertiary/aromatic N) is 2. The van der Waals surface area contributed by atoms with Crippen LogP contribution in [0.3, 0.4) is 0 Å². The van der Waals surface area contributed by atoms with E-state index < -0.39 is 23.6 Å². The van der Waals surface area contributed by atoms with Crippen molar-refractivity contribution >= 4 is 124 Å². The lowest BCUT2D eigenvalue weighted by molar-refractivity contribution is 0.0877. The van der Waals surface area contributed by atoms with Crippen LogP contribution in [0.15, 0.2) is 48.5 Å². The molecule has 3 atom stereocenters. The van der Waals surface area contributed by atoms with Gasteiger partial charge in [0.15, 0.2) is 23.0 Å². The predicted octanol–water partition coefficient (Wildman–Crippen LogP) is 40.5. The topological polar surface area (TPSA) is 112 Å². The summed E-state index contributed by atoms with van der Waals surface area (Å²) >= 11 is 31.2. The standard InChI is InChI=1S/C120H182Cl4N2O8/c1-11-19-27-35-43-48-56-64-72-91(69-61-53-40-32-24-16-6)85-131-105-77-89(9)103(83-107(105)133-87-93(70-62-54-41-33-25-17-7)75-67-59-51-46-38-30-22-14-4)125-117(127)95-79-99(121)111-113-101(123)81-97-110-98(82-102(124)114(116(110)113)112-100(122)80-96(118(125)128)109(95)115(111)112)120(130)126(119(97)129)104-84-108(134-88-94(71-63-55-42-34-26-18-8)76-68-60-52-47-39-31-23-15-5)106(78-90(104)10)132-86-92(73-65-57-49-44-36-28-20-12-2)74-66-58-50-45-37-29-21-13-3/h77-84,91-94H,11-76,85-88H2,1-10H3. The smallest absolute Gasteiger partial charge is 0.266 e. The molecule has 4 amide bonds. The highest BCUT2D eigenvalue weighted by molar-refractivity contribution is 6.57. The maximum atomic E-state index is 16.1. The van der Waals surface area contributed by atoms with E-state index in [0.717, 1.165) is 77.0 Å². The van der Waals surface area contributed by atoms with Crippen molar-refractivity contribution in [2.75, 3.05) is 36.2 Å². The Morgan fingerprint density at radius 2 is 0.366 bits per heavy atom. The second kappa shape index (κ2) is 64.0. The number of anilines is 2. The summed E-state index contributed by atoms with van der Waals surface area (Å²) in [4.78, 5) is 67.0. The van der Waals surface area contributed by atoms with E-state index in [1.807, 2.05) is 38.1 Å². The first-order valence-electron chi connectivity index (χ1n) is 56.1. The van der Waals surface area contributed by atoms with Gasteiger partial charge in [0.2, 0.25) is 0 Å². The maximum Gasteiger partial charge on any atom is 0.266 e. The molecule has 0 N–H and O–H groups in total. The van der Waals surface area contributed by atoms with Crippen molar-refractivity contribution in [3.05, 3.63) is 102 Å². The zero-order valence-electron chi connectivity index (χ0n) is 86.1. The van der Waals surface area contributed by atoms with Gasteiger partial charge in [0.05, 0.1) is 60.1 Å². The molecule has 0 saturated carbocycles. The van der Waals surface area contributed by atoms with Crippen LogP contribution in [0.4, 0.5) is 11.4 Å². The first kappa shape index (κ1) is 112. The van der Waals surface area contributed by atoms with E-state index in [0.29, 0.717) is 139 Å². The average Bonchev–Trinajstić information content (AvgIpc) is 0.673. The minimum atomic E-state index is -0.556. The van der Waals surface area contributed by atoms with Crippen molar-refractivity contribution in [3.8, 4) is 23.0 Å². The summed E-state index contributed by atoms with van der Waals surface area (Å²) in [5.74, 6) is 1.46. The summed E-state index contributed by atoms with van der Waals surface area (Å²) in [6, 6.07) is 14.4. The molecular formula is C120H182Cl4N2O8. The van der Waals surface area contributed by atoms with Crippen LogP contribution in [0.1, 0.15) is 532 Å². The minimum Gasteiger partial charge on any atom is -0.489 e. The Kier molecular flexibility index (Phi) is 53.6. The number of hydrogen-bond acceptors (Lipinski definition) is 8. The van der Waals surface area contributed by atoms with E-state index in [1.165, 1.54) is 357 Å². The number of ether oxygens (including phenoxy) is 4. The fourth-order valence-electron chi connectivity index (χ4n) is 21.7. The Balaban J connectivity index is 1.08. The van der Waals surface area contributed by atoms with Crippen molar-refractivity contribution in [2.24, 2.45) is 23.7 Å². The molecule has 0 saturated heterocycles. The van der Waals surface area contributed by atoms with E-state index in [2.05, 4.69) is 55.4 Å². The molecule has 10 nitrogen and oxygen atoms in total. The lowest BCUT2D eigenvalue weighted by atomic mass is 9.81. The zero-order chi connectivity index (χ0) is 95.6. The van der Waals surface area contributed by atoms with Crippen molar-refractivity contribution in [1.82, 2.24) is 0 Å². The number of amides is 4. The number of carbonyl (C=O) groups excluding carboxylic acids is 4. The van der Waals surface area contributed by atoms with Crippen LogP contribution in [0.2, 0.25) is 20.1 Å². The Labute approximate surface area is 834 Å². The molecule has 0 aliphatic carbocycles. The molecule has 9 rings (SSSR count). The van der Waals surface area contributed by atoms with Crippen LogP contribution in [0.25, 0.3) is 43.1 Å². The second-order valence-corrected chi connectivity index (χ2v) is 43.0. The molecule has 2 heterocycles. The molecule has 14 heteroatoms. The molecule has 0 radical (unpaired) electrons. The third kappa shape index (κ3) is 34.4. The van der Waals surface area contributed by atoms with Gasteiger partial charge < -0.3 is 18.9 Å². The van der Waals surface area contributed by atoms with E-state index >= 15 is 19.2 Å². The number of carbonyl (C=O) groups is 4. The fourth-order valence-corrected chi connectivity index (χ4v) is 22.9.